The number of hydrogen-bond donors (Lipinski definition) is 0. The van der Waals surface area contributed by atoms with Crippen LogP contribution < -0.4 is 0 Å². The Labute approximate surface area is 239 Å². The minimum atomic E-state index is 0.312. The van der Waals surface area contributed by atoms with Gasteiger partial charge in [-0.25, -0.2) is 0 Å². The fourth-order valence-corrected chi connectivity index (χ4v) is 7.63. The third-order valence-corrected chi connectivity index (χ3v) is 10.00. The number of rotatable bonds is 10. The summed E-state index contributed by atoms with van der Waals surface area (Å²) in [5, 5.41) is 5.65. The van der Waals surface area contributed by atoms with Gasteiger partial charge in [0.1, 0.15) is 0 Å². The highest BCUT2D eigenvalue weighted by molar-refractivity contribution is 5.88. The zero-order valence-electron chi connectivity index (χ0n) is 26.4. The Morgan fingerprint density at radius 3 is 1.26 bits per heavy atom. The van der Waals surface area contributed by atoms with Crippen LogP contribution in [0, 0.1) is 31.1 Å². The fraction of sp³-hybridized carbons (Fsp3) is 0.487. The molecule has 0 nitrogen and oxygen atoms in total. The van der Waals surface area contributed by atoms with Crippen molar-refractivity contribution >= 4 is 21.5 Å². The molecule has 0 saturated carbocycles. The van der Waals surface area contributed by atoms with E-state index >= 15 is 0 Å². The molecule has 4 rings (SSSR count). The van der Waals surface area contributed by atoms with Crippen molar-refractivity contribution in [2.24, 2.45) is 17.3 Å². The van der Waals surface area contributed by atoms with Crippen LogP contribution in [-0.4, -0.2) is 0 Å². The van der Waals surface area contributed by atoms with Crippen LogP contribution >= 0.6 is 0 Å². The molecule has 0 aliphatic carbocycles. The quantitative estimate of drug-likeness (QED) is 0.195. The van der Waals surface area contributed by atoms with Crippen molar-refractivity contribution in [3.63, 3.8) is 0 Å². The van der Waals surface area contributed by atoms with E-state index in [-0.39, 0.29) is 0 Å². The van der Waals surface area contributed by atoms with Gasteiger partial charge in [0.2, 0.25) is 0 Å². The van der Waals surface area contributed by atoms with Crippen LogP contribution in [0.15, 0.2) is 60.7 Å². The van der Waals surface area contributed by atoms with Crippen LogP contribution in [0.5, 0.6) is 0 Å². The Morgan fingerprint density at radius 2 is 0.923 bits per heavy atom. The normalized spacial score (nSPS) is 14.1. The summed E-state index contributed by atoms with van der Waals surface area (Å²) in [6.07, 6.45) is 4.73. The minimum absolute atomic E-state index is 0.312. The molecule has 0 aliphatic heterocycles. The Hall–Kier alpha value is -2.60. The summed E-state index contributed by atoms with van der Waals surface area (Å²) in [5.41, 5.74) is 8.98. The van der Waals surface area contributed by atoms with Gasteiger partial charge in [-0.3, -0.25) is 0 Å². The van der Waals surface area contributed by atoms with Crippen LogP contribution in [0.1, 0.15) is 113 Å². The summed E-state index contributed by atoms with van der Waals surface area (Å²) in [7, 11) is 0. The van der Waals surface area contributed by atoms with Gasteiger partial charge >= 0.3 is 0 Å². The second-order valence-corrected chi connectivity index (χ2v) is 13.3. The second kappa shape index (κ2) is 11.9. The zero-order valence-corrected chi connectivity index (χ0v) is 26.4. The highest BCUT2D eigenvalue weighted by atomic mass is 14.4. The molecule has 2 atom stereocenters. The Balaban J connectivity index is 1.63. The summed E-state index contributed by atoms with van der Waals surface area (Å²) < 4.78 is 0. The first kappa shape index (κ1) is 29.4. The van der Waals surface area contributed by atoms with Crippen molar-refractivity contribution in [1.29, 1.82) is 0 Å². The van der Waals surface area contributed by atoms with E-state index in [1.54, 1.807) is 0 Å². The summed E-state index contributed by atoms with van der Waals surface area (Å²) in [5.74, 6) is 2.30. The van der Waals surface area contributed by atoms with E-state index < -0.39 is 0 Å². The maximum atomic E-state index is 2.52. The molecule has 0 saturated heterocycles. The molecule has 0 fully saturated rings. The van der Waals surface area contributed by atoms with Crippen molar-refractivity contribution < 1.29 is 0 Å². The minimum Gasteiger partial charge on any atom is -0.0648 e. The van der Waals surface area contributed by atoms with Gasteiger partial charge < -0.3 is 0 Å². The van der Waals surface area contributed by atoms with Crippen molar-refractivity contribution in [1.82, 2.24) is 0 Å². The van der Waals surface area contributed by atoms with Gasteiger partial charge in [-0.05, 0) is 112 Å². The molecule has 0 spiro atoms. The van der Waals surface area contributed by atoms with E-state index in [0.717, 1.165) is 12.8 Å². The molecule has 208 valence electrons. The molecule has 39 heavy (non-hydrogen) atoms. The first-order valence-corrected chi connectivity index (χ1v) is 15.5. The maximum absolute atomic E-state index is 2.52. The van der Waals surface area contributed by atoms with Crippen LogP contribution in [0.3, 0.4) is 0 Å². The van der Waals surface area contributed by atoms with Crippen molar-refractivity contribution in [2.75, 3.05) is 0 Å². The summed E-state index contributed by atoms with van der Waals surface area (Å²) in [6, 6.07) is 24.0. The summed E-state index contributed by atoms with van der Waals surface area (Å²) in [4.78, 5) is 0. The first-order chi connectivity index (χ1) is 18.5. The largest absolute Gasteiger partial charge is 0.0648 e. The third kappa shape index (κ3) is 5.96. The van der Waals surface area contributed by atoms with E-state index in [2.05, 4.69) is 130 Å². The number of benzene rings is 4. The molecule has 0 N–H and O–H groups in total. The topological polar surface area (TPSA) is 0 Å². The molecule has 0 bridgehead atoms. The van der Waals surface area contributed by atoms with Gasteiger partial charge in [-0.15, -0.1) is 0 Å². The number of fused-ring (bicyclic) bond motifs is 2. The summed E-state index contributed by atoms with van der Waals surface area (Å²) in [6.45, 7) is 23.6. The molecule has 0 heteroatoms. The van der Waals surface area contributed by atoms with Crippen LogP contribution in [0.25, 0.3) is 21.5 Å². The second-order valence-electron chi connectivity index (χ2n) is 13.3. The molecule has 0 heterocycles. The molecule has 0 amide bonds. The summed E-state index contributed by atoms with van der Waals surface area (Å²) >= 11 is 0. The lowest BCUT2D eigenvalue weighted by atomic mass is 9.61. The van der Waals surface area contributed by atoms with Gasteiger partial charge in [0.15, 0.2) is 0 Å². The Bertz CT molecular complexity index is 1320. The molecule has 0 aromatic heterocycles. The molecule has 4 aromatic rings. The van der Waals surface area contributed by atoms with E-state index in [1.807, 2.05) is 0 Å². The van der Waals surface area contributed by atoms with Gasteiger partial charge in [-0.2, -0.15) is 0 Å². The fourth-order valence-electron chi connectivity index (χ4n) is 7.63. The Morgan fingerprint density at radius 1 is 0.538 bits per heavy atom. The SMILES string of the molecule is CCC(CC)(C(C)Cc1ccc2cc(C)cc(C(C)C)c2c1)C(C)Cc1ccc2cc(C)cc(C(C)C)c2c1. The number of aryl methyl sites for hydroxylation is 2. The van der Waals surface area contributed by atoms with Crippen LogP contribution in [0.4, 0.5) is 0 Å². The molecular formula is C39H52. The molecule has 0 aliphatic rings. The van der Waals surface area contributed by atoms with Crippen LogP contribution in [0.2, 0.25) is 0 Å². The molecule has 4 aromatic carbocycles. The zero-order chi connectivity index (χ0) is 28.5. The predicted molar refractivity (Wildman–Crippen MR) is 174 cm³/mol. The van der Waals surface area contributed by atoms with E-state index in [9.17, 15) is 0 Å². The van der Waals surface area contributed by atoms with Crippen molar-refractivity contribution in [2.45, 2.75) is 107 Å². The van der Waals surface area contributed by atoms with Gasteiger partial charge in [0.25, 0.3) is 0 Å². The monoisotopic (exact) mass is 520 g/mol. The predicted octanol–water partition coefficient (Wildman–Crippen LogP) is 11.7. The van der Waals surface area contributed by atoms with E-state index in [4.69, 9.17) is 0 Å². The Kier molecular flexibility index (Phi) is 8.95. The standard InChI is InChI=1S/C39H52/c1-11-39(12-2,29(9)21-31-13-15-33-17-27(7)19-35(25(3)4)37(33)23-31)30(10)22-32-14-16-34-18-28(8)20-36(26(5)6)38(34)24-32/h13-20,23-26,29-30H,11-12,21-22H2,1-10H3. The average molecular weight is 521 g/mol. The molecular weight excluding hydrogens is 468 g/mol. The third-order valence-electron chi connectivity index (χ3n) is 10.00. The molecule has 0 radical (unpaired) electrons. The maximum Gasteiger partial charge on any atom is -0.0146 e. The van der Waals surface area contributed by atoms with Gasteiger partial charge in [0.05, 0.1) is 0 Å². The molecule has 2 unspecified atom stereocenters. The lowest BCUT2D eigenvalue weighted by Crippen LogP contribution is -2.37. The van der Waals surface area contributed by atoms with E-state index in [1.165, 1.54) is 67.8 Å². The van der Waals surface area contributed by atoms with Gasteiger partial charge in [-0.1, -0.05) is 127 Å². The number of hydrogen-bond acceptors (Lipinski definition) is 0. The van der Waals surface area contributed by atoms with Gasteiger partial charge in [0, 0.05) is 0 Å². The van der Waals surface area contributed by atoms with Crippen molar-refractivity contribution in [3.05, 3.63) is 94.0 Å². The lowest BCUT2D eigenvalue weighted by molar-refractivity contribution is 0.0768. The van der Waals surface area contributed by atoms with Crippen LogP contribution in [-0.2, 0) is 12.8 Å². The first-order valence-electron chi connectivity index (χ1n) is 15.5. The smallest absolute Gasteiger partial charge is 0.0146 e. The average Bonchev–Trinajstić information content (AvgIpc) is 2.89. The van der Waals surface area contributed by atoms with E-state index in [0.29, 0.717) is 29.1 Å². The highest BCUT2D eigenvalue weighted by Gasteiger charge is 2.38. The lowest BCUT2D eigenvalue weighted by Gasteiger charge is -2.44. The van der Waals surface area contributed by atoms with Crippen molar-refractivity contribution in [3.8, 4) is 0 Å². The highest BCUT2D eigenvalue weighted by Crippen LogP contribution is 2.46.